The van der Waals surface area contributed by atoms with Crippen molar-refractivity contribution >= 4 is 10.2 Å². The van der Waals surface area contributed by atoms with Gasteiger partial charge in [0, 0.05) is 26.7 Å². The third kappa shape index (κ3) is 4.69. The zero-order valence-corrected chi connectivity index (χ0v) is 14.3. The van der Waals surface area contributed by atoms with Crippen molar-refractivity contribution in [1.82, 2.24) is 8.61 Å². The van der Waals surface area contributed by atoms with Crippen molar-refractivity contribution in [3.63, 3.8) is 0 Å². The van der Waals surface area contributed by atoms with E-state index in [9.17, 15) is 13.5 Å². The van der Waals surface area contributed by atoms with Gasteiger partial charge < -0.3 is 5.11 Å². The maximum atomic E-state index is 12.4. The minimum Gasteiger partial charge on any atom is -0.393 e. The molecule has 1 aliphatic heterocycles. The third-order valence-corrected chi connectivity index (χ3v) is 6.25. The zero-order valence-electron chi connectivity index (χ0n) is 13.5. The molecule has 0 aromatic carbocycles. The van der Waals surface area contributed by atoms with Crippen LogP contribution in [0.2, 0.25) is 0 Å². The van der Waals surface area contributed by atoms with Gasteiger partial charge in [-0.3, -0.25) is 0 Å². The van der Waals surface area contributed by atoms with E-state index in [4.69, 9.17) is 0 Å². The first kappa shape index (κ1) is 17.9. The van der Waals surface area contributed by atoms with Crippen LogP contribution >= 0.6 is 0 Å². The summed E-state index contributed by atoms with van der Waals surface area (Å²) >= 11 is 0. The van der Waals surface area contributed by atoms with Crippen LogP contribution < -0.4 is 0 Å². The summed E-state index contributed by atoms with van der Waals surface area (Å²) in [7, 11) is -1.78. The second kappa shape index (κ2) is 6.73. The van der Waals surface area contributed by atoms with E-state index in [2.05, 4.69) is 20.8 Å². The lowest BCUT2D eigenvalue weighted by molar-refractivity contribution is 0.148. The largest absolute Gasteiger partial charge is 0.393 e. The maximum Gasteiger partial charge on any atom is 0.281 e. The van der Waals surface area contributed by atoms with Crippen molar-refractivity contribution in [3.8, 4) is 0 Å². The monoisotopic (exact) mass is 306 g/mol. The molecule has 1 fully saturated rings. The molecule has 1 aliphatic rings. The first-order valence-electron chi connectivity index (χ1n) is 7.44. The van der Waals surface area contributed by atoms with Gasteiger partial charge in [-0.2, -0.15) is 17.0 Å². The highest BCUT2D eigenvalue weighted by Gasteiger charge is 2.34. The minimum absolute atomic E-state index is 0.244. The molecule has 0 aliphatic carbocycles. The molecule has 5 nitrogen and oxygen atoms in total. The number of hydrogen-bond donors (Lipinski definition) is 1. The standard InChI is InChI=1S/C14H30N2O3S/c1-12(17)6-9-15(5)20(18,19)16-10-7-13(8-11-16)14(2,3)4/h12-13,17H,6-11H2,1-5H3. The number of hydrogen-bond acceptors (Lipinski definition) is 3. The van der Waals surface area contributed by atoms with Crippen molar-refractivity contribution in [2.75, 3.05) is 26.7 Å². The van der Waals surface area contributed by atoms with Crippen LogP contribution in [-0.2, 0) is 10.2 Å². The van der Waals surface area contributed by atoms with E-state index in [1.165, 1.54) is 4.31 Å². The SMILES string of the molecule is CC(O)CCN(C)S(=O)(=O)N1CCC(C(C)(C)C)CC1. The van der Waals surface area contributed by atoms with E-state index in [-0.39, 0.29) is 5.41 Å². The second-order valence-corrected chi connectivity index (χ2v) is 9.04. The Morgan fingerprint density at radius 3 is 2.20 bits per heavy atom. The van der Waals surface area contributed by atoms with Crippen LogP contribution in [0.3, 0.4) is 0 Å². The fourth-order valence-electron chi connectivity index (χ4n) is 2.63. The molecule has 0 radical (unpaired) electrons. The smallest absolute Gasteiger partial charge is 0.281 e. The minimum atomic E-state index is -3.37. The molecule has 0 aromatic rings. The third-order valence-electron chi connectivity index (χ3n) is 4.26. The van der Waals surface area contributed by atoms with Gasteiger partial charge in [-0.1, -0.05) is 20.8 Å². The van der Waals surface area contributed by atoms with E-state index in [0.29, 0.717) is 32.0 Å². The van der Waals surface area contributed by atoms with E-state index in [1.807, 2.05) is 0 Å². The molecule has 120 valence electrons. The van der Waals surface area contributed by atoms with Gasteiger partial charge in [-0.05, 0) is 37.5 Å². The molecule has 0 bridgehead atoms. The molecule has 20 heavy (non-hydrogen) atoms. The quantitative estimate of drug-likeness (QED) is 0.841. The summed E-state index contributed by atoms with van der Waals surface area (Å²) < 4.78 is 27.8. The van der Waals surface area contributed by atoms with Gasteiger partial charge in [0.1, 0.15) is 0 Å². The Labute approximate surface area is 124 Å². The van der Waals surface area contributed by atoms with Gasteiger partial charge in [0.05, 0.1) is 6.10 Å². The lowest BCUT2D eigenvalue weighted by Crippen LogP contribution is -2.47. The molecule has 0 amide bonds. The summed E-state index contributed by atoms with van der Waals surface area (Å²) in [5, 5.41) is 9.27. The molecular weight excluding hydrogens is 276 g/mol. The highest BCUT2D eigenvalue weighted by atomic mass is 32.2. The molecule has 1 rings (SSSR count). The van der Waals surface area contributed by atoms with Crippen LogP contribution in [0.1, 0.15) is 47.0 Å². The highest BCUT2D eigenvalue weighted by Crippen LogP contribution is 2.35. The number of rotatable bonds is 5. The van der Waals surface area contributed by atoms with Crippen molar-refractivity contribution < 1.29 is 13.5 Å². The van der Waals surface area contributed by atoms with E-state index in [0.717, 1.165) is 12.8 Å². The van der Waals surface area contributed by atoms with Crippen molar-refractivity contribution in [3.05, 3.63) is 0 Å². The van der Waals surface area contributed by atoms with Crippen molar-refractivity contribution in [1.29, 1.82) is 0 Å². The average molecular weight is 306 g/mol. The van der Waals surface area contributed by atoms with Crippen LogP contribution in [-0.4, -0.2) is 54.9 Å². The predicted octanol–water partition coefficient (Wildman–Crippen LogP) is 1.69. The average Bonchev–Trinajstić information content (AvgIpc) is 2.34. The van der Waals surface area contributed by atoms with E-state index < -0.39 is 16.3 Å². The maximum absolute atomic E-state index is 12.4. The van der Waals surface area contributed by atoms with Gasteiger partial charge >= 0.3 is 0 Å². The number of aliphatic hydroxyl groups is 1. The Balaban J connectivity index is 2.58. The number of aliphatic hydroxyl groups excluding tert-OH is 1. The second-order valence-electron chi connectivity index (χ2n) is 7.01. The summed E-state index contributed by atoms with van der Waals surface area (Å²) in [4.78, 5) is 0. The van der Waals surface area contributed by atoms with E-state index in [1.54, 1.807) is 18.3 Å². The molecular formula is C14H30N2O3S. The van der Waals surface area contributed by atoms with E-state index >= 15 is 0 Å². The van der Waals surface area contributed by atoms with Crippen molar-refractivity contribution in [2.45, 2.75) is 53.1 Å². The van der Waals surface area contributed by atoms with Gasteiger partial charge in [0.2, 0.25) is 0 Å². The van der Waals surface area contributed by atoms with Crippen LogP contribution in [0.25, 0.3) is 0 Å². The lowest BCUT2D eigenvalue weighted by Gasteiger charge is -2.39. The Hall–Kier alpha value is -0.170. The summed E-state index contributed by atoms with van der Waals surface area (Å²) in [6.45, 7) is 9.89. The van der Waals surface area contributed by atoms with Gasteiger partial charge in [0.15, 0.2) is 0 Å². The molecule has 1 unspecified atom stereocenters. The molecule has 1 atom stereocenters. The van der Waals surface area contributed by atoms with Crippen LogP contribution in [0.4, 0.5) is 0 Å². The Morgan fingerprint density at radius 1 is 1.30 bits per heavy atom. The summed E-state index contributed by atoms with van der Waals surface area (Å²) in [6.07, 6.45) is 1.84. The predicted molar refractivity (Wildman–Crippen MR) is 81.6 cm³/mol. The molecule has 1 N–H and O–H groups in total. The fraction of sp³-hybridized carbons (Fsp3) is 1.00. The Kier molecular flexibility index (Phi) is 6.01. The van der Waals surface area contributed by atoms with Gasteiger partial charge in [-0.25, -0.2) is 0 Å². The molecule has 1 saturated heterocycles. The molecule has 6 heteroatoms. The van der Waals surface area contributed by atoms with Crippen LogP contribution in [0.5, 0.6) is 0 Å². The molecule has 0 saturated carbocycles. The topological polar surface area (TPSA) is 60.9 Å². The molecule has 1 heterocycles. The van der Waals surface area contributed by atoms with Crippen molar-refractivity contribution in [2.24, 2.45) is 11.3 Å². The Morgan fingerprint density at radius 2 is 1.80 bits per heavy atom. The molecule has 0 spiro atoms. The highest BCUT2D eigenvalue weighted by molar-refractivity contribution is 7.86. The zero-order chi connectivity index (χ0) is 15.6. The summed E-state index contributed by atoms with van der Waals surface area (Å²) in [5.74, 6) is 0.580. The first-order valence-corrected chi connectivity index (χ1v) is 8.84. The number of piperidine rings is 1. The molecule has 0 aromatic heterocycles. The van der Waals surface area contributed by atoms with Gasteiger partial charge in [-0.15, -0.1) is 0 Å². The lowest BCUT2D eigenvalue weighted by atomic mass is 9.76. The van der Waals surface area contributed by atoms with Gasteiger partial charge in [0.25, 0.3) is 10.2 Å². The Bertz CT molecular complexity index is 393. The summed E-state index contributed by atoms with van der Waals surface area (Å²) in [6, 6.07) is 0. The van der Waals surface area contributed by atoms with Crippen LogP contribution in [0.15, 0.2) is 0 Å². The normalized spacial score (nSPS) is 21.4. The fourth-order valence-corrected chi connectivity index (χ4v) is 4.04. The first-order chi connectivity index (χ1) is 9.05. The number of nitrogens with zero attached hydrogens (tertiary/aromatic N) is 2. The summed E-state index contributed by atoms with van der Waals surface area (Å²) in [5.41, 5.74) is 0.244. The van der Waals surface area contributed by atoms with Crippen LogP contribution in [0, 0.1) is 11.3 Å².